The van der Waals surface area contributed by atoms with Gasteiger partial charge in [0.15, 0.2) is 0 Å². The molecule has 4 heteroatoms. The highest BCUT2D eigenvalue weighted by atomic mass is 16.5. The van der Waals surface area contributed by atoms with Gasteiger partial charge in [-0.1, -0.05) is 13.8 Å². The maximum absolute atomic E-state index is 10.8. The second-order valence-corrected chi connectivity index (χ2v) is 2.77. The number of carboxylic acids is 1. The summed E-state index contributed by atoms with van der Waals surface area (Å²) in [6.45, 7) is 3.52. The third kappa shape index (κ3) is 6.83. The molecule has 64 valence electrons. The molecule has 1 amide bonds. The molecule has 0 aliphatic carbocycles. The van der Waals surface area contributed by atoms with Crippen LogP contribution >= 0.6 is 0 Å². The van der Waals surface area contributed by atoms with Crippen molar-refractivity contribution < 1.29 is 14.7 Å². The van der Waals surface area contributed by atoms with Crippen molar-refractivity contribution in [3.05, 3.63) is 0 Å². The number of amides is 1. The number of hydrogen-bond acceptors (Lipinski definition) is 2. The van der Waals surface area contributed by atoms with E-state index in [0.717, 1.165) is 0 Å². The van der Waals surface area contributed by atoms with Gasteiger partial charge in [-0.05, 0) is 5.92 Å². The van der Waals surface area contributed by atoms with Crippen LogP contribution in [-0.2, 0) is 9.59 Å². The first-order chi connectivity index (χ1) is 5.02. The largest absolute Gasteiger partial charge is 0.480 e. The van der Waals surface area contributed by atoms with Crippen LogP contribution in [-0.4, -0.2) is 23.5 Å². The Morgan fingerprint density at radius 3 is 2.36 bits per heavy atom. The normalized spacial score (nSPS) is 9.73. The first kappa shape index (κ1) is 9.94. The van der Waals surface area contributed by atoms with Gasteiger partial charge in [-0.15, -0.1) is 0 Å². The number of aliphatic carboxylic acids is 1. The fraction of sp³-hybridized carbons (Fsp3) is 0.714. The van der Waals surface area contributed by atoms with E-state index >= 15 is 0 Å². The summed E-state index contributed by atoms with van der Waals surface area (Å²) in [6, 6.07) is 0. The summed E-state index contributed by atoms with van der Waals surface area (Å²) in [5, 5.41) is 10.5. The second kappa shape index (κ2) is 4.71. The Bertz CT molecular complexity index is 154. The number of carbonyl (C=O) groups excluding carboxylic acids is 1. The zero-order valence-electron chi connectivity index (χ0n) is 6.76. The molecule has 0 spiro atoms. The molecule has 0 aliphatic rings. The molecule has 0 radical (unpaired) electrons. The Hall–Kier alpha value is -1.06. The Morgan fingerprint density at radius 1 is 1.45 bits per heavy atom. The number of rotatable bonds is 4. The van der Waals surface area contributed by atoms with Crippen molar-refractivity contribution in [2.24, 2.45) is 5.92 Å². The number of hydrogen-bond donors (Lipinski definition) is 2. The minimum Gasteiger partial charge on any atom is -0.480 e. The Morgan fingerprint density at radius 2 is 2.00 bits per heavy atom. The topological polar surface area (TPSA) is 66.4 Å². The van der Waals surface area contributed by atoms with Crippen molar-refractivity contribution in [3.63, 3.8) is 0 Å². The highest BCUT2D eigenvalue weighted by molar-refractivity contribution is 5.81. The maximum atomic E-state index is 10.8. The van der Waals surface area contributed by atoms with Crippen LogP contribution in [0.15, 0.2) is 0 Å². The van der Waals surface area contributed by atoms with Gasteiger partial charge in [0.1, 0.15) is 6.54 Å². The van der Waals surface area contributed by atoms with Crippen molar-refractivity contribution in [3.8, 4) is 0 Å². The number of carboxylic acid groups (broad SMARTS) is 1. The summed E-state index contributed by atoms with van der Waals surface area (Å²) in [5.74, 6) is -0.951. The molecule has 2 N–H and O–H groups in total. The van der Waals surface area contributed by atoms with Crippen LogP contribution in [0.5, 0.6) is 0 Å². The highest BCUT2D eigenvalue weighted by Gasteiger charge is 2.05. The van der Waals surface area contributed by atoms with E-state index < -0.39 is 5.97 Å². The van der Waals surface area contributed by atoms with Crippen LogP contribution in [0.1, 0.15) is 20.3 Å². The molecule has 0 saturated heterocycles. The van der Waals surface area contributed by atoms with Crippen molar-refractivity contribution in [1.29, 1.82) is 0 Å². The molecule has 0 fully saturated rings. The minimum absolute atomic E-state index is 0.206. The lowest BCUT2D eigenvalue weighted by molar-refractivity contribution is -0.138. The first-order valence-electron chi connectivity index (χ1n) is 3.51. The standard InChI is InChI=1S/C7H13NO3/c1-5(2)3-6(9)8-4-7(10)11/h5H,3-4H2,1-2H3,(H,8,9)(H,10,11)/i4+1,7+1,8+1. The van der Waals surface area contributed by atoms with E-state index in [9.17, 15) is 9.59 Å². The zero-order chi connectivity index (χ0) is 8.85. The fourth-order valence-electron chi connectivity index (χ4n) is 0.617. The lowest BCUT2D eigenvalue weighted by Gasteiger charge is -2.03. The Labute approximate surface area is 65.6 Å². The Kier molecular flexibility index (Phi) is 4.26. The second-order valence-electron chi connectivity index (χ2n) is 2.77. The van der Waals surface area contributed by atoms with E-state index in [1.807, 2.05) is 13.8 Å². The molecule has 0 atom stereocenters. The molecular formula is C7H13NO3. The summed E-state index contributed by atoms with van der Waals surface area (Å²) in [4.78, 5) is 20.8. The summed E-state index contributed by atoms with van der Waals surface area (Å²) in [5.41, 5.74) is 0. The lowest BCUT2D eigenvalue weighted by atomic mass is 10.1. The van der Waals surface area contributed by atoms with Crippen LogP contribution in [0.3, 0.4) is 0 Å². The van der Waals surface area contributed by atoms with Crippen molar-refractivity contribution in [1.82, 2.24) is 5.32 Å². The van der Waals surface area contributed by atoms with Crippen LogP contribution in [0, 0.1) is 5.92 Å². The van der Waals surface area contributed by atoms with E-state index in [4.69, 9.17) is 5.11 Å². The molecule has 0 bridgehead atoms. The van der Waals surface area contributed by atoms with E-state index in [0.29, 0.717) is 6.42 Å². The average Bonchev–Trinajstić information content (AvgIpc) is 1.82. The van der Waals surface area contributed by atoms with E-state index in [1.54, 1.807) is 0 Å². The first-order valence-corrected chi connectivity index (χ1v) is 3.51. The summed E-state index contributed by atoms with van der Waals surface area (Å²) in [6.07, 6.45) is 0.382. The fourth-order valence-corrected chi connectivity index (χ4v) is 0.617. The van der Waals surface area contributed by atoms with Gasteiger partial charge in [-0.3, -0.25) is 9.59 Å². The lowest BCUT2D eigenvalue weighted by Crippen LogP contribution is -2.29. The van der Waals surface area contributed by atoms with Crippen molar-refractivity contribution in [2.75, 3.05) is 6.54 Å². The SMILES string of the molecule is CC(C)CC(=O)[15NH][13CH2][13C](=O)O. The summed E-state index contributed by atoms with van der Waals surface area (Å²) >= 11 is 0. The molecule has 0 heterocycles. The molecule has 0 aromatic heterocycles. The van der Waals surface area contributed by atoms with Gasteiger partial charge in [0.25, 0.3) is 0 Å². The smallest absolute Gasteiger partial charge is 0.322 e. The molecule has 0 aromatic carbocycles. The van der Waals surface area contributed by atoms with Gasteiger partial charge < -0.3 is 10.4 Å². The zero-order valence-corrected chi connectivity index (χ0v) is 6.76. The predicted molar refractivity (Wildman–Crippen MR) is 40.1 cm³/mol. The van der Waals surface area contributed by atoms with Crippen LogP contribution in [0.4, 0.5) is 0 Å². The molecule has 0 aliphatic heterocycles. The minimum atomic E-state index is -1.01. The monoisotopic (exact) mass is 162 g/mol. The quantitative estimate of drug-likeness (QED) is 0.459. The van der Waals surface area contributed by atoms with Crippen molar-refractivity contribution in [2.45, 2.75) is 20.3 Å². The molecule has 0 rings (SSSR count). The molecule has 0 unspecified atom stereocenters. The van der Waals surface area contributed by atoms with Gasteiger partial charge in [0, 0.05) is 6.42 Å². The summed E-state index contributed by atoms with van der Waals surface area (Å²) < 4.78 is 0. The third-order valence-electron chi connectivity index (χ3n) is 1.03. The van der Waals surface area contributed by atoms with E-state index in [-0.39, 0.29) is 18.4 Å². The maximum Gasteiger partial charge on any atom is 0.322 e. The van der Waals surface area contributed by atoms with Gasteiger partial charge in [0.2, 0.25) is 5.91 Å². The Balaban J connectivity index is 3.45. The van der Waals surface area contributed by atoms with Crippen LogP contribution in [0.25, 0.3) is 0 Å². The van der Waals surface area contributed by atoms with Crippen molar-refractivity contribution >= 4 is 11.9 Å². The van der Waals surface area contributed by atoms with Gasteiger partial charge in [-0.2, -0.15) is 0 Å². The molecule has 0 aromatic rings. The van der Waals surface area contributed by atoms with Gasteiger partial charge in [-0.25, -0.2) is 0 Å². The van der Waals surface area contributed by atoms with E-state index in [1.165, 1.54) is 0 Å². The molecule has 11 heavy (non-hydrogen) atoms. The predicted octanol–water partition coefficient (Wildman–Crippen LogP) is 0.233. The molecule has 0 saturated carbocycles. The summed E-state index contributed by atoms with van der Waals surface area (Å²) in [7, 11) is 0. The average molecular weight is 162 g/mol. The highest BCUT2D eigenvalue weighted by Crippen LogP contribution is 1.97. The number of nitrogens with one attached hydrogen (secondary N) is 1. The third-order valence-corrected chi connectivity index (χ3v) is 1.03. The van der Waals surface area contributed by atoms with Gasteiger partial charge >= 0.3 is 5.97 Å². The van der Waals surface area contributed by atoms with Gasteiger partial charge in [0.05, 0.1) is 0 Å². The number of carbonyl (C=O) groups is 2. The molecular weight excluding hydrogens is 149 g/mol. The molecule has 4 nitrogen and oxygen atoms in total. The van der Waals surface area contributed by atoms with Crippen LogP contribution < -0.4 is 5.32 Å². The van der Waals surface area contributed by atoms with E-state index in [2.05, 4.69) is 5.32 Å². The van der Waals surface area contributed by atoms with Crippen LogP contribution in [0.2, 0.25) is 0 Å².